The van der Waals surface area contributed by atoms with E-state index >= 15 is 0 Å². The summed E-state index contributed by atoms with van der Waals surface area (Å²) in [5.41, 5.74) is 3.79. The van der Waals surface area contributed by atoms with Gasteiger partial charge in [0.25, 0.3) is 17.7 Å². The number of carbonyl (C=O) groups excluding carboxylic acids is 5. The summed E-state index contributed by atoms with van der Waals surface area (Å²) in [6.45, 7) is 9.18. The zero-order chi connectivity index (χ0) is 39.7. The molecule has 0 aliphatic carbocycles. The highest BCUT2D eigenvalue weighted by Crippen LogP contribution is 2.26. The largest absolute Gasteiger partial charge is 0.446 e. The van der Waals surface area contributed by atoms with Gasteiger partial charge in [0.15, 0.2) is 11.4 Å². The van der Waals surface area contributed by atoms with Crippen molar-refractivity contribution in [2.75, 3.05) is 6.54 Å². The Hall–Kier alpha value is -6.45. The number of aromatic nitrogens is 4. The lowest BCUT2D eigenvalue weighted by Gasteiger charge is -2.25. The molecule has 0 saturated carbocycles. The number of rotatable bonds is 6. The second-order valence-electron chi connectivity index (χ2n) is 14.8. The maximum absolute atomic E-state index is 14.3. The van der Waals surface area contributed by atoms with E-state index in [1.807, 2.05) is 58.0 Å². The topological polar surface area (TPSA) is 215 Å². The van der Waals surface area contributed by atoms with E-state index in [1.165, 1.54) is 17.4 Å². The third-order valence-electron chi connectivity index (χ3n) is 9.99. The van der Waals surface area contributed by atoms with Gasteiger partial charge in [-0.1, -0.05) is 44.2 Å². The molecule has 0 radical (unpaired) electrons. The molecule has 5 aromatic rings. The molecule has 3 aromatic heterocycles. The average Bonchev–Trinajstić information content (AvgIpc) is 3.95. The molecule has 1 fully saturated rings. The molecule has 0 spiro atoms. The minimum Gasteiger partial charge on any atom is -0.446 e. The summed E-state index contributed by atoms with van der Waals surface area (Å²) >= 11 is 0. The number of aryl methyl sites for hydroxylation is 2. The molecule has 5 amide bonds. The first-order chi connectivity index (χ1) is 26.8. The number of oxazole rings is 2. The summed E-state index contributed by atoms with van der Waals surface area (Å²) in [6.07, 6.45) is 2.98. The molecule has 5 heterocycles. The summed E-state index contributed by atoms with van der Waals surface area (Å²) in [5, 5.41) is 11.6. The molecule has 0 unspecified atom stereocenters. The van der Waals surface area contributed by atoms with Crippen LogP contribution in [0, 0.1) is 19.8 Å². The first-order valence-corrected chi connectivity index (χ1v) is 18.6. The Morgan fingerprint density at radius 3 is 2.29 bits per heavy atom. The van der Waals surface area contributed by atoms with E-state index in [9.17, 15) is 24.0 Å². The van der Waals surface area contributed by atoms with E-state index < -0.39 is 59.7 Å². The van der Waals surface area contributed by atoms with Crippen LogP contribution in [0.2, 0.25) is 0 Å². The highest BCUT2D eigenvalue weighted by Gasteiger charge is 2.43. The van der Waals surface area contributed by atoms with Crippen molar-refractivity contribution in [2.45, 2.75) is 84.1 Å². The molecular formula is C40H43N9O7. The lowest BCUT2D eigenvalue weighted by atomic mass is 10.0. The Bertz CT molecular complexity index is 2300. The molecule has 4 N–H and O–H groups in total. The van der Waals surface area contributed by atoms with Crippen molar-refractivity contribution in [2.24, 2.45) is 5.92 Å². The Kier molecular flexibility index (Phi) is 10.6. The Labute approximate surface area is 322 Å². The third-order valence-corrected chi connectivity index (χ3v) is 9.99. The zero-order valence-corrected chi connectivity index (χ0v) is 31.7. The summed E-state index contributed by atoms with van der Waals surface area (Å²) in [6, 6.07) is 10.1. The molecule has 16 nitrogen and oxygen atoms in total. The van der Waals surface area contributed by atoms with Gasteiger partial charge < -0.3 is 35.0 Å². The van der Waals surface area contributed by atoms with Gasteiger partial charge >= 0.3 is 0 Å². The molecule has 7 rings (SSSR count). The SMILES string of the molecule is Cc1nc2ccc(C(=O)N[C@H]3C[C@H]4C(=O)N[C@@H](Cc5ccccc5)c5nc(co5)C(=O)N[C@H](CC(C)C)C(=O)N[C@H](C)c5nc(co5)C(=O)N4C3)cc2nc1C. The number of nitrogens with one attached hydrogen (secondary N) is 4. The van der Waals surface area contributed by atoms with Gasteiger partial charge in [0.05, 0.1) is 22.4 Å². The molecule has 2 aromatic carbocycles. The number of hydrogen-bond donors (Lipinski definition) is 4. The van der Waals surface area contributed by atoms with E-state index in [4.69, 9.17) is 8.83 Å². The summed E-state index contributed by atoms with van der Waals surface area (Å²) in [5.74, 6) is -2.51. The van der Waals surface area contributed by atoms with Gasteiger partial charge in [0.2, 0.25) is 23.6 Å². The number of nitrogens with zero attached hydrogens (tertiary/aromatic N) is 5. The average molecular weight is 762 g/mol. The fourth-order valence-electron chi connectivity index (χ4n) is 6.97. The predicted octanol–water partition coefficient (Wildman–Crippen LogP) is 3.67. The molecule has 5 atom stereocenters. The quantitative estimate of drug-likeness (QED) is 0.196. The smallest absolute Gasteiger partial charge is 0.276 e. The van der Waals surface area contributed by atoms with E-state index in [0.717, 1.165) is 17.0 Å². The van der Waals surface area contributed by atoms with E-state index in [-0.39, 0.29) is 48.5 Å². The number of carbonyl (C=O) groups is 5. The number of amides is 5. The fourth-order valence-corrected chi connectivity index (χ4v) is 6.97. The summed E-state index contributed by atoms with van der Waals surface area (Å²) in [4.78, 5) is 88.4. The van der Waals surface area contributed by atoms with Crippen LogP contribution in [0.15, 0.2) is 69.9 Å². The van der Waals surface area contributed by atoms with Crippen LogP contribution in [-0.2, 0) is 16.0 Å². The fraction of sp³-hybridized carbons (Fsp3) is 0.375. The second kappa shape index (κ2) is 15.7. The molecule has 1 saturated heterocycles. The van der Waals surface area contributed by atoms with E-state index in [2.05, 4.69) is 41.2 Å². The van der Waals surface area contributed by atoms with Crippen molar-refractivity contribution in [3.8, 4) is 0 Å². The minimum atomic E-state index is -1.06. The van der Waals surface area contributed by atoms with Crippen LogP contribution >= 0.6 is 0 Å². The molecular weight excluding hydrogens is 718 g/mol. The number of hydrogen-bond acceptors (Lipinski definition) is 11. The maximum atomic E-state index is 14.3. The van der Waals surface area contributed by atoms with Crippen molar-refractivity contribution in [1.82, 2.24) is 46.1 Å². The number of fused-ring (bicyclic) bond motifs is 6. The lowest BCUT2D eigenvalue weighted by Crippen LogP contribution is -2.48. The first-order valence-electron chi connectivity index (χ1n) is 18.6. The Morgan fingerprint density at radius 1 is 0.839 bits per heavy atom. The Balaban J connectivity index is 1.22. The molecule has 290 valence electrons. The van der Waals surface area contributed by atoms with Crippen LogP contribution < -0.4 is 21.3 Å². The monoisotopic (exact) mass is 761 g/mol. The van der Waals surface area contributed by atoms with Gasteiger partial charge in [-0.25, -0.2) is 19.9 Å². The maximum Gasteiger partial charge on any atom is 0.276 e. The van der Waals surface area contributed by atoms with Gasteiger partial charge in [-0.3, -0.25) is 24.0 Å². The van der Waals surface area contributed by atoms with Crippen LogP contribution in [0.5, 0.6) is 0 Å². The highest BCUT2D eigenvalue weighted by atomic mass is 16.3. The zero-order valence-electron chi connectivity index (χ0n) is 31.7. The van der Waals surface area contributed by atoms with Gasteiger partial charge in [-0.2, -0.15) is 0 Å². The summed E-state index contributed by atoms with van der Waals surface area (Å²) in [7, 11) is 0. The van der Waals surface area contributed by atoms with Crippen molar-refractivity contribution in [3.63, 3.8) is 0 Å². The normalized spacial score (nSPS) is 21.9. The minimum absolute atomic E-state index is 0.0214. The van der Waals surface area contributed by atoms with E-state index in [0.29, 0.717) is 23.0 Å². The van der Waals surface area contributed by atoms with Crippen molar-refractivity contribution < 1.29 is 32.8 Å². The van der Waals surface area contributed by atoms with Crippen molar-refractivity contribution >= 4 is 40.6 Å². The molecule has 4 bridgehead atoms. The first kappa shape index (κ1) is 37.8. The van der Waals surface area contributed by atoms with Crippen molar-refractivity contribution in [3.05, 3.63) is 107 Å². The van der Waals surface area contributed by atoms with Crippen LogP contribution in [0.25, 0.3) is 11.0 Å². The predicted molar refractivity (Wildman–Crippen MR) is 201 cm³/mol. The molecule has 16 heteroatoms. The second-order valence-corrected chi connectivity index (χ2v) is 14.8. The third kappa shape index (κ3) is 8.13. The van der Waals surface area contributed by atoms with Gasteiger partial charge in [0, 0.05) is 24.6 Å². The van der Waals surface area contributed by atoms with E-state index in [1.54, 1.807) is 25.1 Å². The van der Waals surface area contributed by atoms with Gasteiger partial charge in [0.1, 0.15) is 36.7 Å². The van der Waals surface area contributed by atoms with Crippen LogP contribution in [-0.4, -0.2) is 79.0 Å². The van der Waals surface area contributed by atoms with Crippen LogP contribution in [0.3, 0.4) is 0 Å². The number of benzene rings is 2. The lowest BCUT2D eigenvalue weighted by molar-refractivity contribution is -0.126. The molecule has 2 aliphatic rings. The standard InChI is InChI=1S/C40H43N9O7/c1-20(2)13-29-35(51)43-23(5)38-48-32(19-55-38)40(54)49-17-26(44-34(50)25-11-12-27-28(15-25)42-22(4)21(3)41-27)16-33(49)37(53)46-30(14-24-9-7-6-8-10-24)39-47-31(18-56-39)36(52)45-29/h6-12,15,18-20,23,26,29-30,33H,13-14,16-17H2,1-5H3,(H,43,51)(H,44,50)(H,45,52)(H,46,53)/t23-,26+,29-,30+,33+/m1/s1. The van der Waals surface area contributed by atoms with Crippen molar-refractivity contribution in [1.29, 1.82) is 0 Å². The van der Waals surface area contributed by atoms with Gasteiger partial charge in [-0.15, -0.1) is 0 Å². The van der Waals surface area contributed by atoms with Crippen LogP contribution in [0.4, 0.5) is 0 Å². The van der Waals surface area contributed by atoms with Gasteiger partial charge in [-0.05, 0) is 63.3 Å². The van der Waals surface area contributed by atoms with Crippen LogP contribution in [0.1, 0.15) is 106 Å². The molecule has 56 heavy (non-hydrogen) atoms. The summed E-state index contributed by atoms with van der Waals surface area (Å²) < 4.78 is 11.5. The Morgan fingerprint density at radius 2 is 1.54 bits per heavy atom. The highest BCUT2D eigenvalue weighted by molar-refractivity contribution is 5.99. The molecule has 2 aliphatic heterocycles.